The van der Waals surface area contributed by atoms with Crippen LogP contribution < -0.4 is 5.32 Å². The molecule has 2 saturated heterocycles. The zero-order chi connectivity index (χ0) is 11.1. The minimum atomic E-state index is 0.410. The Bertz CT molecular complexity index is 244. The number of nitrogens with one attached hydrogen (secondary N) is 1. The van der Waals surface area contributed by atoms with Crippen LogP contribution in [0.3, 0.4) is 0 Å². The fourth-order valence-electron chi connectivity index (χ4n) is 2.05. The molecule has 0 aromatic heterocycles. The van der Waals surface area contributed by atoms with Gasteiger partial charge in [0, 0.05) is 13.1 Å². The summed E-state index contributed by atoms with van der Waals surface area (Å²) in [6, 6.07) is 0. The van der Waals surface area contributed by atoms with Gasteiger partial charge in [0.15, 0.2) is 0 Å². The summed E-state index contributed by atoms with van der Waals surface area (Å²) in [6.07, 6.45) is 5.87. The van der Waals surface area contributed by atoms with Crippen molar-refractivity contribution < 1.29 is 4.74 Å². The van der Waals surface area contributed by atoms with E-state index in [1.165, 1.54) is 38.8 Å². The van der Waals surface area contributed by atoms with E-state index < -0.39 is 0 Å². The van der Waals surface area contributed by atoms with Gasteiger partial charge < -0.3 is 10.1 Å². The highest BCUT2D eigenvalue weighted by Crippen LogP contribution is 2.08. The molecule has 0 amide bonds. The number of hydrogen-bond acceptors (Lipinski definition) is 3. The van der Waals surface area contributed by atoms with Crippen LogP contribution in [0.4, 0.5) is 0 Å². The van der Waals surface area contributed by atoms with Gasteiger partial charge in [0.05, 0.1) is 12.6 Å². The molecule has 16 heavy (non-hydrogen) atoms. The van der Waals surface area contributed by atoms with E-state index in [0.29, 0.717) is 12.7 Å². The van der Waals surface area contributed by atoms with Crippen molar-refractivity contribution >= 4 is 0 Å². The molecule has 2 aliphatic rings. The quantitative estimate of drug-likeness (QED) is 0.717. The summed E-state index contributed by atoms with van der Waals surface area (Å²) in [5.74, 6) is 6.33. The van der Waals surface area contributed by atoms with Crippen molar-refractivity contribution in [2.75, 3.05) is 39.3 Å². The minimum Gasteiger partial charge on any atom is -0.363 e. The van der Waals surface area contributed by atoms with Crippen LogP contribution in [0, 0.1) is 11.8 Å². The first-order valence-electron chi connectivity index (χ1n) is 6.45. The summed E-state index contributed by atoms with van der Waals surface area (Å²) in [4.78, 5) is 2.46. The smallest absolute Gasteiger partial charge is 0.108 e. The van der Waals surface area contributed by atoms with Crippen molar-refractivity contribution in [1.29, 1.82) is 0 Å². The number of ether oxygens (including phenoxy) is 1. The number of rotatable bonds is 3. The Morgan fingerprint density at radius 1 is 1.06 bits per heavy atom. The molecule has 0 aromatic rings. The van der Waals surface area contributed by atoms with Crippen molar-refractivity contribution in [3.8, 4) is 11.8 Å². The second kappa shape index (κ2) is 6.90. The van der Waals surface area contributed by atoms with Gasteiger partial charge in [-0.2, -0.15) is 0 Å². The summed E-state index contributed by atoms with van der Waals surface area (Å²) < 4.78 is 5.54. The lowest BCUT2D eigenvalue weighted by Crippen LogP contribution is -2.48. The van der Waals surface area contributed by atoms with Crippen LogP contribution >= 0.6 is 0 Å². The van der Waals surface area contributed by atoms with Gasteiger partial charge in [-0.3, -0.25) is 4.90 Å². The molecule has 0 bridgehead atoms. The van der Waals surface area contributed by atoms with Crippen molar-refractivity contribution in [2.45, 2.75) is 31.8 Å². The molecule has 0 spiro atoms. The Labute approximate surface area is 98.5 Å². The fraction of sp³-hybridized carbons (Fsp3) is 0.846. The lowest BCUT2D eigenvalue weighted by atomic mass is 10.2. The number of nitrogens with zero attached hydrogens (tertiary/aromatic N) is 1. The lowest BCUT2D eigenvalue weighted by Gasteiger charge is -2.25. The zero-order valence-corrected chi connectivity index (χ0v) is 10.0. The summed E-state index contributed by atoms with van der Waals surface area (Å²) in [5.41, 5.74) is 0. The Hall–Kier alpha value is -0.560. The normalized spacial score (nSPS) is 23.0. The lowest BCUT2D eigenvalue weighted by molar-refractivity contribution is 0.0394. The van der Waals surface area contributed by atoms with Gasteiger partial charge >= 0.3 is 0 Å². The summed E-state index contributed by atoms with van der Waals surface area (Å²) >= 11 is 0. The predicted octanol–water partition coefficient (Wildman–Crippen LogP) is 0.854. The monoisotopic (exact) mass is 222 g/mol. The SMILES string of the molecule is C(#CCN1CCCCCC1)COC1CNC1. The molecular formula is C13H22N2O. The van der Waals surface area contributed by atoms with Crippen LogP contribution in [-0.2, 0) is 4.74 Å². The Morgan fingerprint density at radius 3 is 2.44 bits per heavy atom. The third-order valence-corrected chi connectivity index (χ3v) is 3.26. The van der Waals surface area contributed by atoms with E-state index in [2.05, 4.69) is 22.1 Å². The van der Waals surface area contributed by atoms with Gasteiger partial charge in [-0.1, -0.05) is 24.7 Å². The van der Waals surface area contributed by atoms with E-state index in [0.717, 1.165) is 19.6 Å². The fourth-order valence-corrected chi connectivity index (χ4v) is 2.05. The molecule has 3 nitrogen and oxygen atoms in total. The molecule has 1 N–H and O–H groups in total. The maximum absolute atomic E-state index is 5.54. The first-order chi connectivity index (χ1) is 7.95. The predicted molar refractivity (Wildman–Crippen MR) is 65.3 cm³/mol. The topological polar surface area (TPSA) is 24.5 Å². The van der Waals surface area contributed by atoms with E-state index in [4.69, 9.17) is 4.74 Å². The van der Waals surface area contributed by atoms with Crippen LogP contribution in [0.5, 0.6) is 0 Å². The highest BCUT2D eigenvalue weighted by atomic mass is 16.5. The largest absolute Gasteiger partial charge is 0.363 e. The minimum absolute atomic E-state index is 0.410. The second-order valence-corrected chi connectivity index (χ2v) is 4.64. The highest BCUT2D eigenvalue weighted by molar-refractivity contribution is 5.02. The van der Waals surface area contributed by atoms with Gasteiger partial charge in [0.1, 0.15) is 6.61 Å². The maximum atomic E-state index is 5.54. The van der Waals surface area contributed by atoms with Crippen LogP contribution in [0.25, 0.3) is 0 Å². The maximum Gasteiger partial charge on any atom is 0.108 e. The van der Waals surface area contributed by atoms with E-state index in [1.807, 2.05) is 0 Å². The second-order valence-electron chi connectivity index (χ2n) is 4.64. The molecule has 0 aromatic carbocycles. The molecule has 2 aliphatic heterocycles. The van der Waals surface area contributed by atoms with E-state index in [9.17, 15) is 0 Å². The molecule has 2 heterocycles. The van der Waals surface area contributed by atoms with Gasteiger partial charge in [-0.05, 0) is 25.9 Å². The molecule has 0 atom stereocenters. The number of hydrogen-bond donors (Lipinski definition) is 1. The van der Waals surface area contributed by atoms with Crippen molar-refractivity contribution in [1.82, 2.24) is 10.2 Å². The average Bonchev–Trinajstić information content (AvgIpc) is 2.49. The standard InChI is InChI=1S/C13H22N2O/c1-2-4-8-15(7-3-1)9-5-6-10-16-13-11-14-12-13/h13-14H,1-4,7-12H2. The summed E-state index contributed by atoms with van der Waals surface area (Å²) in [5, 5.41) is 3.18. The molecule has 2 rings (SSSR count). The highest BCUT2D eigenvalue weighted by Gasteiger charge is 2.15. The van der Waals surface area contributed by atoms with Crippen LogP contribution in [0.15, 0.2) is 0 Å². The molecule has 2 fully saturated rings. The Balaban J connectivity index is 1.56. The van der Waals surface area contributed by atoms with Crippen LogP contribution in [0.2, 0.25) is 0 Å². The molecule has 0 radical (unpaired) electrons. The third-order valence-electron chi connectivity index (χ3n) is 3.26. The molecule has 3 heteroatoms. The van der Waals surface area contributed by atoms with Gasteiger partial charge in [-0.25, -0.2) is 0 Å². The van der Waals surface area contributed by atoms with E-state index in [-0.39, 0.29) is 0 Å². The van der Waals surface area contributed by atoms with E-state index in [1.54, 1.807) is 0 Å². The number of likely N-dealkylation sites (tertiary alicyclic amines) is 1. The van der Waals surface area contributed by atoms with Crippen molar-refractivity contribution in [3.63, 3.8) is 0 Å². The summed E-state index contributed by atoms with van der Waals surface area (Å²) in [7, 11) is 0. The molecule has 0 aliphatic carbocycles. The van der Waals surface area contributed by atoms with Gasteiger partial charge in [0.25, 0.3) is 0 Å². The van der Waals surface area contributed by atoms with Crippen LogP contribution in [0.1, 0.15) is 25.7 Å². The Kier molecular flexibility index (Phi) is 5.14. The molecule has 0 unspecified atom stereocenters. The first kappa shape index (κ1) is 11.9. The van der Waals surface area contributed by atoms with E-state index >= 15 is 0 Å². The molecule has 0 saturated carbocycles. The molecule has 90 valence electrons. The van der Waals surface area contributed by atoms with Crippen molar-refractivity contribution in [2.24, 2.45) is 0 Å². The first-order valence-corrected chi connectivity index (χ1v) is 6.45. The van der Waals surface area contributed by atoms with Crippen molar-refractivity contribution in [3.05, 3.63) is 0 Å². The van der Waals surface area contributed by atoms with Crippen LogP contribution in [-0.4, -0.2) is 50.3 Å². The zero-order valence-electron chi connectivity index (χ0n) is 10.0. The average molecular weight is 222 g/mol. The van der Waals surface area contributed by atoms with Gasteiger partial charge in [0.2, 0.25) is 0 Å². The third kappa shape index (κ3) is 4.13. The summed E-state index contributed by atoms with van der Waals surface area (Å²) in [6.45, 7) is 5.96. The Morgan fingerprint density at radius 2 is 1.81 bits per heavy atom. The van der Waals surface area contributed by atoms with Gasteiger partial charge in [-0.15, -0.1) is 0 Å². The molecular weight excluding hydrogens is 200 g/mol.